The van der Waals surface area contributed by atoms with Gasteiger partial charge >= 0.3 is 12.1 Å². The van der Waals surface area contributed by atoms with E-state index in [1.165, 1.54) is 13.3 Å². The van der Waals surface area contributed by atoms with Crippen LogP contribution in [0.4, 0.5) is 4.79 Å². The van der Waals surface area contributed by atoms with Crippen LogP contribution in [0.15, 0.2) is 0 Å². The predicted molar refractivity (Wildman–Crippen MR) is 60.5 cm³/mol. The highest BCUT2D eigenvalue weighted by atomic mass is 16.7. The first-order valence-corrected chi connectivity index (χ1v) is 6.17. The second kappa shape index (κ2) is 7.14. The molecule has 1 rings (SSSR count). The lowest BCUT2D eigenvalue weighted by molar-refractivity contribution is -0.160. The van der Waals surface area contributed by atoms with E-state index in [0.717, 1.165) is 25.7 Å². The molecule has 0 spiro atoms. The van der Waals surface area contributed by atoms with Gasteiger partial charge in [-0.3, -0.25) is 0 Å². The van der Waals surface area contributed by atoms with Crippen molar-refractivity contribution in [3.63, 3.8) is 0 Å². The van der Waals surface area contributed by atoms with E-state index in [1.807, 2.05) is 0 Å². The van der Waals surface area contributed by atoms with E-state index >= 15 is 0 Å². The number of hydrogen-bond donors (Lipinski definition) is 0. The van der Waals surface area contributed by atoms with Gasteiger partial charge in [0.2, 0.25) is 0 Å². The van der Waals surface area contributed by atoms with E-state index < -0.39 is 18.2 Å². The Bertz CT molecular complexity index is 258. The second-order valence-electron chi connectivity index (χ2n) is 4.14. The molecule has 0 heterocycles. The minimum Gasteiger partial charge on any atom is -0.460 e. The van der Waals surface area contributed by atoms with Gasteiger partial charge in [-0.15, -0.1) is 0 Å². The minimum absolute atomic E-state index is 0.0236. The van der Waals surface area contributed by atoms with Crippen LogP contribution in [0.5, 0.6) is 0 Å². The standard InChI is InChI=1S/C12H20O5/c1-3-15-12(14)16-9(2)11(13)17-10-7-5-4-6-8-10/h9-10H,3-8H2,1-2H3. The smallest absolute Gasteiger partial charge is 0.460 e. The normalized spacial score (nSPS) is 18.2. The van der Waals surface area contributed by atoms with Gasteiger partial charge in [-0.25, -0.2) is 9.59 Å². The Morgan fingerprint density at radius 1 is 1.24 bits per heavy atom. The molecule has 1 aliphatic rings. The summed E-state index contributed by atoms with van der Waals surface area (Å²) in [6, 6.07) is 0. The summed E-state index contributed by atoms with van der Waals surface area (Å²) in [4.78, 5) is 22.6. The molecule has 0 aromatic heterocycles. The van der Waals surface area contributed by atoms with Crippen molar-refractivity contribution >= 4 is 12.1 Å². The Morgan fingerprint density at radius 3 is 2.47 bits per heavy atom. The van der Waals surface area contributed by atoms with Gasteiger partial charge < -0.3 is 14.2 Å². The lowest BCUT2D eigenvalue weighted by atomic mass is 9.98. The quantitative estimate of drug-likeness (QED) is 0.711. The SMILES string of the molecule is CCOC(=O)OC(C)C(=O)OC1CCCCC1. The van der Waals surface area contributed by atoms with Crippen molar-refractivity contribution in [1.82, 2.24) is 0 Å². The molecule has 17 heavy (non-hydrogen) atoms. The van der Waals surface area contributed by atoms with Crippen molar-refractivity contribution in [2.45, 2.75) is 58.2 Å². The van der Waals surface area contributed by atoms with E-state index in [1.54, 1.807) is 6.92 Å². The van der Waals surface area contributed by atoms with Crippen LogP contribution in [-0.2, 0) is 19.0 Å². The molecule has 0 amide bonds. The fourth-order valence-electron chi connectivity index (χ4n) is 1.79. The summed E-state index contributed by atoms with van der Waals surface area (Å²) >= 11 is 0. The number of ether oxygens (including phenoxy) is 3. The zero-order valence-corrected chi connectivity index (χ0v) is 10.4. The lowest BCUT2D eigenvalue weighted by Crippen LogP contribution is -2.31. The number of carbonyl (C=O) groups is 2. The van der Waals surface area contributed by atoms with Gasteiger partial charge in [-0.1, -0.05) is 6.42 Å². The maximum atomic E-state index is 11.6. The zero-order valence-electron chi connectivity index (χ0n) is 10.4. The average Bonchev–Trinajstić information content (AvgIpc) is 2.30. The van der Waals surface area contributed by atoms with E-state index in [4.69, 9.17) is 9.47 Å². The molecule has 0 bridgehead atoms. The summed E-state index contributed by atoms with van der Waals surface area (Å²) in [5, 5.41) is 0. The fraction of sp³-hybridized carbons (Fsp3) is 0.833. The minimum atomic E-state index is -0.907. The average molecular weight is 244 g/mol. The van der Waals surface area contributed by atoms with Crippen molar-refractivity contribution < 1.29 is 23.8 Å². The third kappa shape index (κ3) is 5.06. The first-order chi connectivity index (χ1) is 8.13. The van der Waals surface area contributed by atoms with Crippen LogP contribution >= 0.6 is 0 Å². The molecule has 0 aromatic rings. The molecule has 0 aliphatic heterocycles. The van der Waals surface area contributed by atoms with Crippen molar-refractivity contribution in [2.24, 2.45) is 0 Å². The fourth-order valence-corrected chi connectivity index (χ4v) is 1.79. The number of carbonyl (C=O) groups excluding carboxylic acids is 2. The molecule has 0 saturated heterocycles. The van der Waals surface area contributed by atoms with E-state index in [9.17, 15) is 9.59 Å². The highest BCUT2D eigenvalue weighted by Gasteiger charge is 2.24. The van der Waals surface area contributed by atoms with Crippen LogP contribution in [0.3, 0.4) is 0 Å². The van der Waals surface area contributed by atoms with Gasteiger partial charge in [0.25, 0.3) is 0 Å². The van der Waals surface area contributed by atoms with Crippen molar-refractivity contribution in [1.29, 1.82) is 0 Å². The Labute approximate surface area is 101 Å². The maximum absolute atomic E-state index is 11.6. The van der Waals surface area contributed by atoms with Gasteiger partial charge in [-0.2, -0.15) is 0 Å². The summed E-state index contributed by atoms with van der Waals surface area (Å²) in [5.41, 5.74) is 0. The van der Waals surface area contributed by atoms with E-state index in [0.29, 0.717) is 0 Å². The Hall–Kier alpha value is -1.26. The molecule has 1 atom stereocenters. The largest absolute Gasteiger partial charge is 0.509 e. The van der Waals surface area contributed by atoms with Gasteiger partial charge in [-0.05, 0) is 39.5 Å². The van der Waals surface area contributed by atoms with Crippen molar-refractivity contribution in [3.8, 4) is 0 Å². The van der Waals surface area contributed by atoms with E-state index in [2.05, 4.69) is 4.74 Å². The van der Waals surface area contributed by atoms with Crippen LogP contribution < -0.4 is 0 Å². The molecule has 98 valence electrons. The van der Waals surface area contributed by atoms with Crippen molar-refractivity contribution in [2.75, 3.05) is 6.61 Å². The van der Waals surface area contributed by atoms with Gasteiger partial charge in [0.15, 0.2) is 6.10 Å². The Balaban J connectivity index is 2.28. The van der Waals surface area contributed by atoms with Gasteiger partial charge in [0, 0.05) is 0 Å². The molecular formula is C12H20O5. The van der Waals surface area contributed by atoms with Crippen LogP contribution in [0.25, 0.3) is 0 Å². The number of hydrogen-bond acceptors (Lipinski definition) is 5. The molecular weight excluding hydrogens is 224 g/mol. The first-order valence-electron chi connectivity index (χ1n) is 6.17. The second-order valence-corrected chi connectivity index (χ2v) is 4.14. The summed E-state index contributed by atoms with van der Waals surface area (Å²) in [5.74, 6) is -0.495. The molecule has 1 aliphatic carbocycles. The number of esters is 1. The Morgan fingerprint density at radius 2 is 1.88 bits per heavy atom. The summed E-state index contributed by atoms with van der Waals surface area (Å²) < 4.78 is 14.6. The summed E-state index contributed by atoms with van der Waals surface area (Å²) in [6.45, 7) is 3.39. The van der Waals surface area contributed by atoms with Gasteiger partial charge in [0.1, 0.15) is 6.10 Å². The lowest BCUT2D eigenvalue weighted by Gasteiger charge is -2.23. The first kappa shape index (κ1) is 13.8. The third-order valence-electron chi connectivity index (χ3n) is 2.70. The predicted octanol–water partition coefficient (Wildman–Crippen LogP) is 2.42. The molecule has 0 aromatic carbocycles. The summed E-state index contributed by atoms with van der Waals surface area (Å²) in [7, 11) is 0. The highest BCUT2D eigenvalue weighted by molar-refractivity contribution is 5.77. The molecule has 1 fully saturated rings. The Kier molecular flexibility index (Phi) is 5.80. The molecule has 5 heteroatoms. The molecule has 1 unspecified atom stereocenters. The van der Waals surface area contributed by atoms with Crippen molar-refractivity contribution in [3.05, 3.63) is 0 Å². The summed E-state index contributed by atoms with van der Waals surface area (Å²) in [6.07, 6.45) is 3.41. The molecule has 0 radical (unpaired) electrons. The topological polar surface area (TPSA) is 61.8 Å². The molecule has 5 nitrogen and oxygen atoms in total. The van der Waals surface area contributed by atoms with Crippen LogP contribution in [-0.4, -0.2) is 30.9 Å². The monoisotopic (exact) mass is 244 g/mol. The van der Waals surface area contributed by atoms with Crippen LogP contribution in [0.2, 0.25) is 0 Å². The highest BCUT2D eigenvalue weighted by Crippen LogP contribution is 2.20. The zero-order chi connectivity index (χ0) is 12.7. The van der Waals surface area contributed by atoms with Gasteiger partial charge in [0.05, 0.1) is 6.61 Å². The van der Waals surface area contributed by atoms with Crippen LogP contribution in [0.1, 0.15) is 46.0 Å². The van der Waals surface area contributed by atoms with E-state index in [-0.39, 0.29) is 12.7 Å². The third-order valence-corrected chi connectivity index (χ3v) is 2.70. The molecule has 0 N–H and O–H groups in total. The molecule has 1 saturated carbocycles. The number of rotatable bonds is 4. The van der Waals surface area contributed by atoms with Crippen LogP contribution in [0, 0.1) is 0 Å². The maximum Gasteiger partial charge on any atom is 0.509 e.